The molecule has 1 aromatic heterocycles. The predicted molar refractivity (Wildman–Crippen MR) is 103 cm³/mol. The van der Waals surface area contributed by atoms with E-state index in [0.717, 1.165) is 19.3 Å². The zero-order valence-corrected chi connectivity index (χ0v) is 16.2. The first kappa shape index (κ1) is 20.5. The molecule has 1 aromatic rings. The molecule has 0 aromatic carbocycles. The van der Waals surface area contributed by atoms with Gasteiger partial charge >= 0.3 is 11.8 Å². The highest BCUT2D eigenvalue weighted by Gasteiger charge is 2.27. The Bertz CT molecular complexity index is 793. The number of carbonyl (C=O) groups is 3. The second kappa shape index (κ2) is 9.20. The molecular weight excluding hydrogens is 348 g/mol. The maximum absolute atomic E-state index is 12.2. The Labute approximate surface area is 158 Å². The van der Waals surface area contributed by atoms with Gasteiger partial charge in [-0.15, -0.1) is 0 Å². The number of anilines is 1. The number of amides is 3. The zero-order valence-electron chi connectivity index (χ0n) is 16.2. The summed E-state index contributed by atoms with van der Waals surface area (Å²) in [5.74, 6) is -1.84. The number of nitrogens with one attached hydrogen (secondary N) is 2. The molecule has 2 heterocycles. The SMILES string of the molecule is CCCCCNC(=O)C(=O)Nc1cc(C)nn1C1=NC(=O)C(CC)C(C)=N1. The Kier molecular flexibility index (Phi) is 6.98. The number of rotatable bonds is 6. The first-order valence-electron chi connectivity index (χ1n) is 9.21. The summed E-state index contributed by atoms with van der Waals surface area (Å²) in [5, 5.41) is 9.32. The first-order valence-corrected chi connectivity index (χ1v) is 9.21. The van der Waals surface area contributed by atoms with Crippen molar-refractivity contribution in [2.24, 2.45) is 15.9 Å². The van der Waals surface area contributed by atoms with Gasteiger partial charge in [-0.2, -0.15) is 14.8 Å². The van der Waals surface area contributed by atoms with Gasteiger partial charge in [0.05, 0.1) is 11.6 Å². The second-order valence-corrected chi connectivity index (χ2v) is 6.46. The van der Waals surface area contributed by atoms with Crippen molar-refractivity contribution in [2.45, 2.75) is 53.4 Å². The third-order valence-electron chi connectivity index (χ3n) is 4.23. The number of aromatic nitrogens is 2. The Morgan fingerprint density at radius 1 is 1.15 bits per heavy atom. The van der Waals surface area contributed by atoms with Crippen LogP contribution in [0.25, 0.3) is 0 Å². The van der Waals surface area contributed by atoms with Gasteiger partial charge < -0.3 is 10.6 Å². The molecule has 9 heteroatoms. The average molecular weight is 374 g/mol. The number of hydrogen-bond donors (Lipinski definition) is 2. The van der Waals surface area contributed by atoms with Gasteiger partial charge in [0.1, 0.15) is 5.82 Å². The van der Waals surface area contributed by atoms with Crippen LogP contribution in [-0.4, -0.2) is 45.7 Å². The fraction of sp³-hybridized carbons (Fsp3) is 0.556. The van der Waals surface area contributed by atoms with Gasteiger partial charge in [0.2, 0.25) is 0 Å². The summed E-state index contributed by atoms with van der Waals surface area (Å²) in [6.07, 6.45) is 3.45. The summed E-state index contributed by atoms with van der Waals surface area (Å²) in [4.78, 5) is 44.6. The topological polar surface area (TPSA) is 118 Å². The standard InChI is InChI=1S/C18H26N6O3/c1-5-7-8-9-19-16(26)17(27)21-14-10-11(3)23-24(14)18-20-12(4)13(6-2)15(25)22-18/h10,13H,5-9H2,1-4H3,(H,19,26)(H,21,27). The molecular formula is C18H26N6O3. The van der Waals surface area contributed by atoms with Gasteiger partial charge in [-0.25, -0.2) is 4.99 Å². The zero-order chi connectivity index (χ0) is 20.0. The van der Waals surface area contributed by atoms with Gasteiger partial charge in [-0.05, 0) is 26.7 Å². The number of aliphatic imine (C=N–C) groups is 2. The maximum Gasteiger partial charge on any atom is 0.314 e. The van der Waals surface area contributed by atoms with Crippen LogP contribution in [0.3, 0.4) is 0 Å². The quantitative estimate of drug-likeness (QED) is 0.581. The smallest absolute Gasteiger partial charge is 0.314 e. The molecule has 0 radical (unpaired) electrons. The van der Waals surface area contributed by atoms with E-state index in [1.54, 1.807) is 19.9 Å². The van der Waals surface area contributed by atoms with E-state index in [9.17, 15) is 14.4 Å². The molecule has 0 aliphatic carbocycles. The third kappa shape index (κ3) is 5.08. The molecule has 0 spiro atoms. The Morgan fingerprint density at radius 2 is 1.89 bits per heavy atom. The lowest BCUT2D eigenvalue weighted by Gasteiger charge is -2.17. The predicted octanol–water partition coefficient (Wildman–Crippen LogP) is 1.67. The van der Waals surface area contributed by atoms with Crippen molar-refractivity contribution >= 4 is 35.2 Å². The minimum absolute atomic E-state index is 0.0777. The van der Waals surface area contributed by atoms with Crippen LogP contribution in [-0.2, 0) is 14.4 Å². The highest BCUT2D eigenvalue weighted by atomic mass is 16.2. The van der Waals surface area contributed by atoms with Gasteiger partial charge in [0.15, 0.2) is 0 Å². The van der Waals surface area contributed by atoms with Crippen molar-refractivity contribution in [1.82, 2.24) is 15.1 Å². The molecule has 146 valence electrons. The fourth-order valence-electron chi connectivity index (χ4n) is 2.75. The van der Waals surface area contributed by atoms with E-state index in [1.807, 2.05) is 6.92 Å². The maximum atomic E-state index is 12.2. The minimum atomic E-state index is -0.803. The molecule has 1 aliphatic heterocycles. The van der Waals surface area contributed by atoms with Crippen LogP contribution >= 0.6 is 0 Å². The average Bonchev–Trinajstić information content (AvgIpc) is 2.98. The van der Waals surface area contributed by atoms with Crippen molar-refractivity contribution in [2.75, 3.05) is 11.9 Å². The molecule has 27 heavy (non-hydrogen) atoms. The number of nitrogens with zero attached hydrogens (tertiary/aromatic N) is 4. The van der Waals surface area contributed by atoms with E-state index < -0.39 is 11.8 Å². The van der Waals surface area contributed by atoms with Crippen molar-refractivity contribution < 1.29 is 14.4 Å². The minimum Gasteiger partial charge on any atom is -0.348 e. The molecule has 0 saturated heterocycles. The van der Waals surface area contributed by atoms with Gasteiger partial charge in [-0.1, -0.05) is 26.7 Å². The van der Waals surface area contributed by atoms with Crippen molar-refractivity contribution in [3.8, 4) is 0 Å². The summed E-state index contributed by atoms with van der Waals surface area (Å²) in [5.41, 5.74) is 1.24. The van der Waals surface area contributed by atoms with E-state index >= 15 is 0 Å². The summed E-state index contributed by atoms with van der Waals surface area (Å²) in [7, 11) is 0. The van der Waals surface area contributed by atoms with Crippen molar-refractivity contribution in [3.05, 3.63) is 11.8 Å². The lowest BCUT2D eigenvalue weighted by molar-refractivity contribution is -0.136. The van der Waals surface area contributed by atoms with E-state index in [4.69, 9.17) is 0 Å². The molecule has 1 aliphatic rings. The Balaban J connectivity index is 2.13. The van der Waals surface area contributed by atoms with Gasteiger partial charge in [0.25, 0.3) is 11.9 Å². The number of aryl methyl sites for hydroxylation is 1. The highest BCUT2D eigenvalue weighted by Crippen LogP contribution is 2.17. The number of carbonyl (C=O) groups excluding carboxylic acids is 3. The summed E-state index contributed by atoms with van der Waals surface area (Å²) < 4.78 is 1.27. The first-order chi connectivity index (χ1) is 12.9. The van der Waals surface area contributed by atoms with Gasteiger partial charge in [0, 0.05) is 18.3 Å². The molecule has 1 unspecified atom stereocenters. The molecule has 3 amide bonds. The lowest BCUT2D eigenvalue weighted by Crippen LogP contribution is -2.37. The molecule has 0 bridgehead atoms. The van der Waals surface area contributed by atoms with Crippen LogP contribution < -0.4 is 10.6 Å². The van der Waals surface area contributed by atoms with Crippen LogP contribution in [0.1, 0.15) is 52.1 Å². The van der Waals surface area contributed by atoms with Crippen LogP contribution in [0.15, 0.2) is 16.1 Å². The van der Waals surface area contributed by atoms with Gasteiger partial charge in [-0.3, -0.25) is 14.4 Å². The van der Waals surface area contributed by atoms with Crippen LogP contribution in [0.5, 0.6) is 0 Å². The van der Waals surface area contributed by atoms with Crippen LogP contribution in [0, 0.1) is 12.8 Å². The number of hydrogen-bond acceptors (Lipinski definition) is 5. The fourth-order valence-corrected chi connectivity index (χ4v) is 2.75. The monoisotopic (exact) mass is 374 g/mol. The van der Waals surface area contributed by atoms with E-state index in [-0.39, 0.29) is 23.6 Å². The molecule has 9 nitrogen and oxygen atoms in total. The van der Waals surface area contributed by atoms with Crippen molar-refractivity contribution in [1.29, 1.82) is 0 Å². The molecule has 0 fully saturated rings. The third-order valence-corrected chi connectivity index (χ3v) is 4.23. The molecule has 1 atom stereocenters. The number of unbranched alkanes of at least 4 members (excludes halogenated alkanes) is 2. The normalized spacial score (nSPS) is 16.6. The summed E-state index contributed by atoms with van der Waals surface area (Å²) >= 11 is 0. The summed E-state index contributed by atoms with van der Waals surface area (Å²) in [6.45, 7) is 7.89. The summed E-state index contributed by atoms with van der Waals surface area (Å²) in [6, 6.07) is 1.59. The second-order valence-electron chi connectivity index (χ2n) is 6.46. The van der Waals surface area contributed by atoms with Crippen LogP contribution in [0.4, 0.5) is 5.82 Å². The molecule has 2 N–H and O–H groups in total. The molecule has 0 saturated carbocycles. The van der Waals surface area contributed by atoms with E-state index in [2.05, 4.69) is 32.6 Å². The Morgan fingerprint density at radius 3 is 2.52 bits per heavy atom. The van der Waals surface area contributed by atoms with Crippen molar-refractivity contribution in [3.63, 3.8) is 0 Å². The van der Waals surface area contributed by atoms with E-state index in [1.165, 1.54) is 4.68 Å². The Hall–Kier alpha value is -2.84. The van der Waals surface area contributed by atoms with E-state index in [0.29, 0.717) is 24.4 Å². The highest BCUT2D eigenvalue weighted by molar-refractivity contribution is 6.39. The van der Waals surface area contributed by atoms with Crippen LogP contribution in [0.2, 0.25) is 0 Å². The largest absolute Gasteiger partial charge is 0.348 e. The molecule has 2 rings (SSSR count). The lowest BCUT2D eigenvalue weighted by atomic mass is 10.00.